The highest BCUT2D eigenvalue weighted by molar-refractivity contribution is 7.12. The molecule has 0 saturated carbocycles. The first-order valence-corrected chi connectivity index (χ1v) is 8.32. The van der Waals surface area contributed by atoms with Crippen molar-refractivity contribution in [3.63, 3.8) is 0 Å². The number of nitrogens with one attached hydrogen (secondary N) is 1. The molecule has 0 bridgehead atoms. The summed E-state index contributed by atoms with van der Waals surface area (Å²) in [5.74, 6) is 0.235. The SMILES string of the molecule is COc1ccc(-c2cc(C(F)(F)F)nc(NN=Cc3ccc(F)s3)n2)cc1. The van der Waals surface area contributed by atoms with Crippen LogP contribution in [-0.4, -0.2) is 23.3 Å². The van der Waals surface area contributed by atoms with Gasteiger partial charge in [-0.25, -0.2) is 15.4 Å². The molecule has 0 amide bonds. The summed E-state index contributed by atoms with van der Waals surface area (Å²) in [4.78, 5) is 7.99. The fourth-order valence-corrected chi connectivity index (χ4v) is 2.71. The smallest absolute Gasteiger partial charge is 0.433 e. The predicted molar refractivity (Wildman–Crippen MR) is 94.5 cm³/mol. The number of alkyl halides is 3. The molecule has 0 atom stereocenters. The molecule has 0 aliphatic heterocycles. The predicted octanol–water partition coefficient (Wildman–Crippen LogP) is 4.82. The van der Waals surface area contributed by atoms with Crippen LogP contribution in [0.3, 0.4) is 0 Å². The zero-order chi connectivity index (χ0) is 19.4. The molecule has 2 aromatic heterocycles. The van der Waals surface area contributed by atoms with Crippen molar-refractivity contribution in [3.05, 3.63) is 58.2 Å². The van der Waals surface area contributed by atoms with Crippen LogP contribution in [0.15, 0.2) is 47.6 Å². The van der Waals surface area contributed by atoms with Crippen molar-refractivity contribution in [2.75, 3.05) is 12.5 Å². The van der Waals surface area contributed by atoms with Gasteiger partial charge in [0.05, 0.1) is 23.9 Å². The average Bonchev–Trinajstić information content (AvgIpc) is 3.06. The van der Waals surface area contributed by atoms with Crippen molar-refractivity contribution in [2.24, 2.45) is 5.10 Å². The van der Waals surface area contributed by atoms with E-state index in [0.717, 1.165) is 17.4 Å². The Kier molecular flexibility index (Phi) is 5.36. The summed E-state index contributed by atoms with van der Waals surface area (Å²) in [6.45, 7) is 0. The number of rotatable bonds is 5. The Hall–Kier alpha value is -3.01. The topological polar surface area (TPSA) is 59.4 Å². The van der Waals surface area contributed by atoms with Crippen molar-refractivity contribution in [2.45, 2.75) is 6.18 Å². The highest BCUT2D eigenvalue weighted by Gasteiger charge is 2.33. The normalized spacial score (nSPS) is 11.7. The van der Waals surface area contributed by atoms with Crippen LogP contribution in [0, 0.1) is 5.13 Å². The third-order valence-electron chi connectivity index (χ3n) is 3.35. The van der Waals surface area contributed by atoms with Gasteiger partial charge in [-0.2, -0.15) is 22.7 Å². The van der Waals surface area contributed by atoms with Crippen molar-refractivity contribution in [1.82, 2.24) is 9.97 Å². The number of methoxy groups -OCH3 is 1. The largest absolute Gasteiger partial charge is 0.497 e. The summed E-state index contributed by atoms with van der Waals surface area (Å²) >= 11 is 0.845. The van der Waals surface area contributed by atoms with Gasteiger partial charge in [0.1, 0.15) is 5.75 Å². The van der Waals surface area contributed by atoms with E-state index in [4.69, 9.17) is 4.74 Å². The molecule has 27 heavy (non-hydrogen) atoms. The Morgan fingerprint density at radius 3 is 2.44 bits per heavy atom. The summed E-state index contributed by atoms with van der Waals surface area (Å²) in [5, 5.41) is 3.37. The lowest BCUT2D eigenvalue weighted by atomic mass is 10.1. The summed E-state index contributed by atoms with van der Waals surface area (Å²) in [6.07, 6.45) is -3.38. The number of thiophene rings is 1. The Morgan fingerprint density at radius 2 is 1.85 bits per heavy atom. The molecule has 0 unspecified atom stereocenters. The molecule has 0 aliphatic carbocycles. The highest BCUT2D eigenvalue weighted by Crippen LogP contribution is 2.31. The molecule has 10 heteroatoms. The number of ether oxygens (including phenoxy) is 1. The number of nitrogens with zero attached hydrogens (tertiary/aromatic N) is 3. The van der Waals surface area contributed by atoms with Gasteiger partial charge in [-0.1, -0.05) is 0 Å². The minimum absolute atomic E-state index is 0.0693. The maximum Gasteiger partial charge on any atom is 0.433 e. The van der Waals surface area contributed by atoms with Crippen LogP contribution >= 0.6 is 11.3 Å². The number of anilines is 1. The standard InChI is InChI=1S/C17H12F4N4OS/c1-26-11-4-2-10(3-5-11)13-8-14(17(19,20)21)24-16(23-13)25-22-9-12-6-7-15(18)27-12/h2-9H,1H3,(H,23,24,25). The average molecular weight is 396 g/mol. The molecule has 5 nitrogen and oxygen atoms in total. The van der Waals surface area contributed by atoms with Crippen LogP contribution in [-0.2, 0) is 6.18 Å². The molecule has 140 valence electrons. The molecule has 0 fully saturated rings. The molecule has 3 aromatic rings. The minimum atomic E-state index is -4.65. The van der Waals surface area contributed by atoms with E-state index in [1.165, 1.54) is 25.5 Å². The van der Waals surface area contributed by atoms with Gasteiger partial charge in [0.15, 0.2) is 10.8 Å². The van der Waals surface area contributed by atoms with Crippen LogP contribution in [0.2, 0.25) is 0 Å². The van der Waals surface area contributed by atoms with Gasteiger partial charge in [0.2, 0.25) is 5.95 Å². The van der Waals surface area contributed by atoms with Crippen molar-refractivity contribution >= 4 is 23.5 Å². The monoisotopic (exact) mass is 396 g/mol. The lowest BCUT2D eigenvalue weighted by Gasteiger charge is -2.10. The molecular formula is C17H12F4N4OS. The first-order valence-electron chi connectivity index (χ1n) is 7.50. The van der Waals surface area contributed by atoms with E-state index in [-0.39, 0.29) is 11.6 Å². The molecule has 0 spiro atoms. The van der Waals surface area contributed by atoms with E-state index >= 15 is 0 Å². The van der Waals surface area contributed by atoms with Gasteiger partial charge in [-0.05, 0) is 42.5 Å². The summed E-state index contributed by atoms with van der Waals surface area (Å²) < 4.78 is 57.4. The van der Waals surface area contributed by atoms with Crippen molar-refractivity contribution in [3.8, 4) is 17.0 Å². The van der Waals surface area contributed by atoms with Gasteiger partial charge in [0, 0.05) is 5.56 Å². The molecular weight excluding hydrogens is 384 g/mol. The molecule has 1 aromatic carbocycles. The maximum atomic E-state index is 13.2. The summed E-state index contributed by atoms with van der Waals surface area (Å²) in [7, 11) is 1.49. The Bertz CT molecular complexity index is 954. The second kappa shape index (κ2) is 7.70. The maximum absolute atomic E-state index is 13.2. The quantitative estimate of drug-likeness (QED) is 0.382. The number of hydrogen-bond donors (Lipinski definition) is 1. The summed E-state index contributed by atoms with van der Waals surface area (Å²) in [5.41, 5.74) is 1.77. The van der Waals surface area contributed by atoms with Crippen LogP contribution in [0.5, 0.6) is 5.75 Å². The van der Waals surface area contributed by atoms with Crippen LogP contribution < -0.4 is 10.2 Å². The van der Waals surface area contributed by atoms with Crippen molar-refractivity contribution < 1.29 is 22.3 Å². The molecule has 1 N–H and O–H groups in total. The first-order chi connectivity index (χ1) is 12.8. The second-order valence-electron chi connectivity index (χ2n) is 5.20. The fraction of sp³-hybridized carbons (Fsp3) is 0.118. The highest BCUT2D eigenvalue weighted by atomic mass is 32.1. The van der Waals surface area contributed by atoms with E-state index in [1.54, 1.807) is 24.3 Å². The zero-order valence-electron chi connectivity index (χ0n) is 13.8. The van der Waals surface area contributed by atoms with Gasteiger partial charge in [-0.15, -0.1) is 11.3 Å². The summed E-state index contributed by atoms with van der Waals surface area (Å²) in [6, 6.07) is 10.00. The second-order valence-corrected chi connectivity index (χ2v) is 6.27. The lowest BCUT2D eigenvalue weighted by molar-refractivity contribution is -0.141. The third-order valence-corrected chi connectivity index (χ3v) is 4.16. The number of hydrogen-bond acceptors (Lipinski definition) is 6. The molecule has 0 radical (unpaired) electrons. The van der Waals surface area contributed by atoms with Crippen LogP contribution in [0.1, 0.15) is 10.6 Å². The minimum Gasteiger partial charge on any atom is -0.497 e. The Labute approximate surface area is 155 Å². The molecule has 2 heterocycles. The third kappa shape index (κ3) is 4.79. The Morgan fingerprint density at radius 1 is 1.11 bits per heavy atom. The van der Waals surface area contributed by atoms with Gasteiger partial charge in [0.25, 0.3) is 0 Å². The Balaban J connectivity index is 1.91. The number of halogens is 4. The molecule has 3 rings (SSSR count). The molecule has 0 saturated heterocycles. The fourth-order valence-electron chi connectivity index (χ4n) is 2.10. The van der Waals surface area contributed by atoms with Crippen LogP contribution in [0.25, 0.3) is 11.3 Å². The van der Waals surface area contributed by atoms with E-state index < -0.39 is 17.0 Å². The van der Waals surface area contributed by atoms with Crippen LogP contribution in [0.4, 0.5) is 23.5 Å². The lowest BCUT2D eigenvalue weighted by Crippen LogP contribution is -2.11. The van der Waals surface area contributed by atoms with Crippen molar-refractivity contribution in [1.29, 1.82) is 0 Å². The zero-order valence-corrected chi connectivity index (χ0v) is 14.6. The van der Waals surface area contributed by atoms with Gasteiger partial charge >= 0.3 is 6.18 Å². The first kappa shape index (κ1) is 18.8. The van der Waals surface area contributed by atoms with E-state index in [2.05, 4.69) is 20.5 Å². The van der Waals surface area contributed by atoms with Gasteiger partial charge < -0.3 is 4.74 Å². The number of aromatic nitrogens is 2. The van der Waals surface area contributed by atoms with E-state index in [9.17, 15) is 17.6 Å². The molecule has 0 aliphatic rings. The van der Waals surface area contributed by atoms with E-state index in [0.29, 0.717) is 16.2 Å². The van der Waals surface area contributed by atoms with E-state index in [1.807, 2.05) is 0 Å². The number of benzene rings is 1. The number of hydrazone groups is 1. The van der Waals surface area contributed by atoms with Gasteiger partial charge in [-0.3, -0.25) is 0 Å².